The van der Waals surface area contributed by atoms with Gasteiger partial charge in [-0.1, -0.05) is 29.3 Å². The minimum atomic E-state index is -0.900. The Morgan fingerprint density at radius 3 is 2.68 bits per heavy atom. The van der Waals surface area contributed by atoms with Gasteiger partial charge >= 0.3 is 11.8 Å². The van der Waals surface area contributed by atoms with Crippen LogP contribution < -0.4 is 10.7 Å². The standard InChI is InChI=1S/C19H14Cl2N4O3/c20-15-6-4-12(9-16(15)21)17-7-5-14(28-17)11-24-25-19(27)18(26)23-10-13-3-1-2-8-22-13/h1-9,11H,10H2,(H,23,26)(H,25,27)/b24-11+. The summed E-state index contributed by atoms with van der Waals surface area (Å²) in [6, 6.07) is 13.8. The Kier molecular flexibility index (Phi) is 6.41. The molecule has 0 saturated heterocycles. The smallest absolute Gasteiger partial charge is 0.329 e. The second-order valence-electron chi connectivity index (χ2n) is 5.53. The highest BCUT2D eigenvalue weighted by Gasteiger charge is 2.12. The van der Waals surface area contributed by atoms with Gasteiger partial charge < -0.3 is 9.73 Å². The van der Waals surface area contributed by atoms with Crippen LogP contribution in [0.2, 0.25) is 10.0 Å². The SMILES string of the molecule is O=C(NCc1ccccn1)C(=O)N/N=C/c1ccc(-c2ccc(Cl)c(Cl)c2)o1. The molecule has 0 aliphatic heterocycles. The summed E-state index contributed by atoms with van der Waals surface area (Å²) >= 11 is 11.9. The van der Waals surface area contributed by atoms with E-state index in [1.807, 2.05) is 0 Å². The Balaban J connectivity index is 1.53. The number of aromatic nitrogens is 1. The third kappa shape index (κ3) is 5.18. The molecule has 2 amide bonds. The number of nitrogens with zero attached hydrogens (tertiary/aromatic N) is 2. The Labute approximate surface area is 170 Å². The molecule has 0 unspecified atom stereocenters. The van der Waals surface area contributed by atoms with Crippen LogP contribution in [0.5, 0.6) is 0 Å². The molecule has 2 N–H and O–H groups in total. The van der Waals surface area contributed by atoms with Gasteiger partial charge in [-0.25, -0.2) is 5.43 Å². The van der Waals surface area contributed by atoms with Gasteiger partial charge in [-0.3, -0.25) is 14.6 Å². The quantitative estimate of drug-likeness (QED) is 0.378. The molecule has 7 nitrogen and oxygen atoms in total. The van der Waals surface area contributed by atoms with Gasteiger partial charge in [0.05, 0.1) is 28.5 Å². The van der Waals surface area contributed by atoms with E-state index in [1.54, 1.807) is 54.7 Å². The maximum atomic E-state index is 11.7. The molecule has 142 valence electrons. The van der Waals surface area contributed by atoms with Crippen molar-refractivity contribution in [3.05, 3.63) is 76.2 Å². The first-order valence-electron chi connectivity index (χ1n) is 8.09. The third-order valence-electron chi connectivity index (χ3n) is 3.55. The number of hydrogen-bond acceptors (Lipinski definition) is 5. The summed E-state index contributed by atoms with van der Waals surface area (Å²) in [5.41, 5.74) is 3.51. The fourth-order valence-electron chi connectivity index (χ4n) is 2.19. The molecular formula is C19H14Cl2N4O3. The molecule has 1 aromatic carbocycles. The normalized spacial score (nSPS) is 10.8. The lowest BCUT2D eigenvalue weighted by Crippen LogP contribution is -2.37. The Morgan fingerprint density at radius 1 is 1.07 bits per heavy atom. The number of hydrogen-bond donors (Lipinski definition) is 2. The maximum absolute atomic E-state index is 11.7. The molecule has 3 rings (SSSR count). The van der Waals surface area contributed by atoms with Crippen molar-refractivity contribution < 1.29 is 14.0 Å². The molecule has 0 aliphatic carbocycles. The highest BCUT2D eigenvalue weighted by molar-refractivity contribution is 6.42. The van der Waals surface area contributed by atoms with Gasteiger partial charge in [0.15, 0.2) is 0 Å². The van der Waals surface area contributed by atoms with E-state index in [0.717, 1.165) is 5.56 Å². The largest absolute Gasteiger partial charge is 0.455 e. The Bertz CT molecular complexity index is 1020. The molecule has 0 atom stereocenters. The molecule has 0 fully saturated rings. The first-order chi connectivity index (χ1) is 13.5. The minimum absolute atomic E-state index is 0.141. The van der Waals surface area contributed by atoms with Crippen molar-refractivity contribution in [3.8, 4) is 11.3 Å². The number of halogens is 2. The predicted octanol–water partition coefficient (Wildman–Crippen LogP) is 3.41. The topological polar surface area (TPSA) is 96.6 Å². The van der Waals surface area contributed by atoms with Crippen LogP contribution in [0.4, 0.5) is 0 Å². The molecule has 28 heavy (non-hydrogen) atoms. The number of rotatable bonds is 5. The summed E-state index contributed by atoms with van der Waals surface area (Å²) in [5, 5.41) is 7.02. The van der Waals surface area contributed by atoms with Gasteiger partial charge in [0.25, 0.3) is 0 Å². The summed E-state index contributed by atoms with van der Waals surface area (Å²) in [5.74, 6) is -0.781. The van der Waals surface area contributed by atoms with Crippen LogP contribution in [0.3, 0.4) is 0 Å². The number of carbonyl (C=O) groups excluding carboxylic acids is 2. The number of furan rings is 1. The highest BCUT2D eigenvalue weighted by atomic mass is 35.5. The maximum Gasteiger partial charge on any atom is 0.329 e. The monoisotopic (exact) mass is 416 g/mol. The predicted molar refractivity (Wildman–Crippen MR) is 106 cm³/mol. The minimum Gasteiger partial charge on any atom is -0.455 e. The number of pyridine rings is 1. The van der Waals surface area contributed by atoms with Crippen molar-refractivity contribution >= 4 is 41.2 Å². The van der Waals surface area contributed by atoms with E-state index in [9.17, 15) is 9.59 Å². The zero-order valence-electron chi connectivity index (χ0n) is 14.4. The summed E-state index contributed by atoms with van der Waals surface area (Å²) in [4.78, 5) is 27.5. The van der Waals surface area contributed by atoms with Crippen molar-refractivity contribution in [2.75, 3.05) is 0 Å². The van der Waals surface area contributed by atoms with E-state index in [1.165, 1.54) is 6.21 Å². The van der Waals surface area contributed by atoms with Gasteiger partial charge in [-0.05, 0) is 42.5 Å². The molecule has 0 aliphatic rings. The molecule has 0 saturated carbocycles. The first-order valence-corrected chi connectivity index (χ1v) is 8.85. The number of amides is 2. The van der Waals surface area contributed by atoms with E-state index >= 15 is 0 Å². The van der Waals surface area contributed by atoms with E-state index < -0.39 is 11.8 Å². The molecule has 0 radical (unpaired) electrons. The summed E-state index contributed by atoms with van der Waals surface area (Å²) < 4.78 is 5.60. The number of carbonyl (C=O) groups is 2. The molecule has 9 heteroatoms. The lowest BCUT2D eigenvalue weighted by molar-refractivity contribution is -0.139. The number of hydrazone groups is 1. The van der Waals surface area contributed by atoms with Crippen LogP contribution in [0, 0.1) is 0 Å². The fraction of sp³-hybridized carbons (Fsp3) is 0.0526. The van der Waals surface area contributed by atoms with Crippen molar-refractivity contribution in [1.82, 2.24) is 15.7 Å². The van der Waals surface area contributed by atoms with Crippen molar-refractivity contribution in [1.29, 1.82) is 0 Å². The van der Waals surface area contributed by atoms with Crippen LogP contribution in [0.25, 0.3) is 11.3 Å². The van der Waals surface area contributed by atoms with Crippen molar-refractivity contribution in [3.63, 3.8) is 0 Å². The fourth-order valence-corrected chi connectivity index (χ4v) is 2.48. The molecule has 2 aromatic heterocycles. The molecule has 0 bridgehead atoms. The molecule has 3 aromatic rings. The average Bonchev–Trinajstić information content (AvgIpc) is 3.18. The Hall–Kier alpha value is -3.16. The second kappa shape index (κ2) is 9.16. The summed E-state index contributed by atoms with van der Waals surface area (Å²) in [6.45, 7) is 0.141. The first kappa shape index (κ1) is 19.6. The third-order valence-corrected chi connectivity index (χ3v) is 4.29. The lowest BCUT2D eigenvalue weighted by atomic mass is 10.2. The van der Waals surface area contributed by atoms with Crippen molar-refractivity contribution in [2.24, 2.45) is 5.10 Å². The van der Waals surface area contributed by atoms with E-state index in [-0.39, 0.29) is 6.54 Å². The molecular weight excluding hydrogens is 403 g/mol. The summed E-state index contributed by atoms with van der Waals surface area (Å²) in [6.07, 6.45) is 2.88. The molecule has 0 spiro atoms. The Morgan fingerprint density at radius 2 is 1.93 bits per heavy atom. The van der Waals surface area contributed by atoms with Crippen LogP contribution in [0.15, 0.2) is 64.2 Å². The van der Waals surface area contributed by atoms with Crippen molar-refractivity contribution in [2.45, 2.75) is 6.54 Å². The number of nitrogens with one attached hydrogen (secondary N) is 2. The lowest BCUT2D eigenvalue weighted by Gasteiger charge is -2.02. The van der Waals surface area contributed by atoms with Gasteiger partial charge in [0.1, 0.15) is 11.5 Å². The van der Waals surface area contributed by atoms with Crippen LogP contribution in [0.1, 0.15) is 11.5 Å². The van der Waals surface area contributed by atoms with Gasteiger partial charge in [-0.15, -0.1) is 0 Å². The van der Waals surface area contributed by atoms with Gasteiger partial charge in [-0.2, -0.15) is 5.10 Å². The average molecular weight is 417 g/mol. The van der Waals surface area contributed by atoms with E-state index in [0.29, 0.717) is 27.3 Å². The van der Waals surface area contributed by atoms with Crippen LogP contribution in [-0.2, 0) is 16.1 Å². The zero-order valence-corrected chi connectivity index (χ0v) is 15.9. The molecule has 2 heterocycles. The van der Waals surface area contributed by atoms with Crippen LogP contribution in [-0.4, -0.2) is 23.0 Å². The van der Waals surface area contributed by atoms with E-state index in [2.05, 4.69) is 20.8 Å². The zero-order chi connectivity index (χ0) is 19.9. The van der Waals surface area contributed by atoms with Gasteiger partial charge in [0.2, 0.25) is 0 Å². The van der Waals surface area contributed by atoms with Crippen LogP contribution >= 0.6 is 23.2 Å². The highest BCUT2D eigenvalue weighted by Crippen LogP contribution is 2.29. The van der Waals surface area contributed by atoms with E-state index in [4.69, 9.17) is 27.6 Å². The second-order valence-corrected chi connectivity index (χ2v) is 6.35. The number of benzene rings is 1. The van der Waals surface area contributed by atoms with Gasteiger partial charge in [0, 0.05) is 11.8 Å². The summed E-state index contributed by atoms with van der Waals surface area (Å²) in [7, 11) is 0.